The number of aliphatic hydroxyl groups excluding tert-OH is 1. The summed E-state index contributed by atoms with van der Waals surface area (Å²) < 4.78 is 43.3. The summed E-state index contributed by atoms with van der Waals surface area (Å²) in [5.74, 6) is -0.486. The van der Waals surface area contributed by atoms with Crippen molar-refractivity contribution in [2.45, 2.75) is 31.2 Å². The predicted octanol–water partition coefficient (Wildman–Crippen LogP) is 2.21. The highest BCUT2D eigenvalue weighted by Crippen LogP contribution is 2.32. The third-order valence-corrected chi connectivity index (χ3v) is 5.25. The number of ether oxygens (including phenoxy) is 3. The Labute approximate surface area is 193 Å². The second kappa shape index (κ2) is 10.5. The molecule has 0 spiro atoms. The number of hydrogen-bond donors (Lipinski definition) is 4. The minimum atomic E-state index is -0.834. The van der Waals surface area contributed by atoms with Crippen LogP contribution in [0, 0.1) is 11.6 Å². The van der Waals surface area contributed by atoms with Gasteiger partial charge in [-0.25, -0.2) is 13.6 Å². The third-order valence-electron chi connectivity index (χ3n) is 5.25. The molecule has 0 fully saturated rings. The van der Waals surface area contributed by atoms with Crippen molar-refractivity contribution < 1.29 is 37.7 Å². The van der Waals surface area contributed by atoms with Crippen molar-refractivity contribution in [1.82, 2.24) is 10.6 Å². The Morgan fingerprint density at radius 2 is 1.88 bits per heavy atom. The maximum Gasteiger partial charge on any atom is 0.319 e. The van der Waals surface area contributed by atoms with E-state index in [1.807, 2.05) is 6.07 Å². The van der Waals surface area contributed by atoms with Gasteiger partial charge in [0.15, 0.2) is 11.5 Å². The van der Waals surface area contributed by atoms with E-state index in [0.717, 1.165) is 23.8 Å². The number of anilines is 1. The summed E-state index contributed by atoms with van der Waals surface area (Å²) in [6.45, 7) is 0.0248. The highest BCUT2D eigenvalue weighted by Gasteiger charge is 2.29. The molecule has 2 heterocycles. The number of carbonyl (C=O) groups is 2. The summed E-state index contributed by atoms with van der Waals surface area (Å²) in [7, 11) is 0. The molecule has 11 heteroatoms. The average molecular weight is 475 g/mol. The lowest BCUT2D eigenvalue weighted by Crippen LogP contribution is -2.50. The predicted molar refractivity (Wildman–Crippen MR) is 116 cm³/mol. The molecular formula is C23H23F2N3O6. The first kappa shape index (κ1) is 23.5. The molecule has 2 aromatic carbocycles. The third kappa shape index (κ3) is 5.80. The van der Waals surface area contributed by atoms with E-state index in [2.05, 4.69) is 16.0 Å². The van der Waals surface area contributed by atoms with Crippen LogP contribution in [-0.2, 0) is 16.1 Å². The van der Waals surface area contributed by atoms with Crippen LogP contribution in [0.25, 0.3) is 0 Å². The first-order valence-electron chi connectivity index (χ1n) is 10.5. The van der Waals surface area contributed by atoms with Crippen LogP contribution >= 0.6 is 0 Å². The highest BCUT2D eigenvalue weighted by atomic mass is 19.1. The van der Waals surface area contributed by atoms with Crippen LogP contribution in [0.15, 0.2) is 48.6 Å². The van der Waals surface area contributed by atoms with Gasteiger partial charge in [0.1, 0.15) is 17.7 Å². The fourth-order valence-corrected chi connectivity index (χ4v) is 3.55. The Morgan fingerprint density at radius 1 is 1.06 bits per heavy atom. The summed E-state index contributed by atoms with van der Waals surface area (Å²) in [4.78, 5) is 24.5. The molecule has 2 aromatic rings. The van der Waals surface area contributed by atoms with E-state index in [-0.39, 0.29) is 31.4 Å². The van der Waals surface area contributed by atoms with E-state index >= 15 is 0 Å². The number of carbonyl (C=O) groups excluding carboxylic acids is 2. The fraction of sp³-hybridized carbons (Fsp3) is 0.304. The second-order valence-corrected chi connectivity index (χ2v) is 7.70. The summed E-state index contributed by atoms with van der Waals surface area (Å²) >= 11 is 0. The van der Waals surface area contributed by atoms with Gasteiger partial charge in [-0.2, -0.15) is 0 Å². The fourth-order valence-electron chi connectivity index (χ4n) is 3.55. The van der Waals surface area contributed by atoms with E-state index in [1.54, 1.807) is 24.3 Å². The van der Waals surface area contributed by atoms with E-state index in [9.17, 15) is 23.5 Å². The second-order valence-electron chi connectivity index (χ2n) is 7.70. The topological polar surface area (TPSA) is 118 Å². The van der Waals surface area contributed by atoms with Crippen LogP contribution in [0.2, 0.25) is 0 Å². The van der Waals surface area contributed by atoms with Crippen LogP contribution in [0.3, 0.4) is 0 Å². The van der Waals surface area contributed by atoms with Crippen molar-refractivity contribution in [1.29, 1.82) is 0 Å². The number of amides is 3. The summed E-state index contributed by atoms with van der Waals surface area (Å²) in [5, 5.41) is 17.2. The smallest absolute Gasteiger partial charge is 0.319 e. The Kier molecular flexibility index (Phi) is 7.24. The van der Waals surface area contributed by atoms with Crippen LogP contribution in [0.5, 0.6) is 11.5 Å². The minimum Gasteiger partial charge on any atom is -0.454 e. The number of hydrogen-bond acceptors (Lipinski definition) is 6. The number of nitrogens with one attached hydrogen (secondary N) is 3. The van der Waals surface area contributed by atoms with Crippen molar-refractivity contribution in [2.24, 2.45) is 0 Å². The molecule has 0 aromatic heterocycles. The molecule has 0 unspecified atom stereocenters. The molecule has 2 aliphatic rings. The van der Waals surface area contributed by atoms with Crippen molar-refractivity contribution in [3.05, 3.63) is 65.7 Å². The largest absolute Gasteiger partial charge is 0.454 e. The lowest BCUT2D eigenvalue weighted by molar-refractivity contribution is -0.125. The number of halogens is 2. The van der Waals surface area contributed by atoms with E-state index < -0.39 is 42.5 Å². The quantitative estimate of drug-likeness (QED) is 0.456. The van der Waals surface area contributed by atoms with Crippen molar-refractivity contribution in [2.75, 3.05) is 18.7 Å². The van der Waals surface area contributed by atoms with Gasteiger partial charge in [0.05, 0.1) is 30.9 Å². The molecule has 180 valence electrons. The summed E-state index contributed by atoms with van der Waals surface area (Å²) in [6.07, 6.45) is 1.74. The maximum atomic E-state index is 13.7. The SMILES string of the molecule is O=C(C[C@H]1C=C[C@H](NC(=O)Nc2cc(F)ccc2F)[C@@H](CO)O1)NCc1ccc2c(c1)OCO2. The Morgan fingerprint density at radius 3 is 2.71 bits per heavy atom. The molecule has 0 aliphatic carbocycles. The van der Waals surface area contributed by atoms with Gasteiger partial charge in [-0.3, -0.25) is 4.79 Å². The average Bonchev–Trinajstić information content (AvgIpc) is 3.29. The number of rotatable bonds is 7. The van der Waals surface area contributed by atoms with E-state index in [4.69, 9.17) is 14.2 Å². The lowest BCUT2D eigenvalue weighted by Gasteiger charge is -2.31. The van der Waals surface area contributed by atoms with Gasteiger partial charge in [0, 0.05) is 12.6 Å². The zero-order chi connectivity index (χ0) is 24.1. The summed E-state index contributed by atoms with van der Waals surface area (Å²) in [6, 6.07) is 6.52. The standard InChI is InChI=1S/C23H23F2N3O6/c24-14-2-4-16(25)18(8-14)28-23(31)27-17-5-3-15(34-21(17)11-29)9-22(30)26-10-13-1-6-19-20(7-13)33-12-32-19/h1-8,15,17,21,29H,9-12H2,(H,26,30)(H2,27,28,31)/t15-,17+,21-/m1/s1. The minimum absolute atomic E-state index is 0.00493. The molecular weight excluding hydrogens is 452 g/mol. The van der Waals surface area contributed by atoms with E-state index in [0.29, 0.717) is 11.5 Å². The first-order chi connectivity index (χ1) is 16.4. The Bertz CT molecular complexity index is 1100. The molecule has 3 atom stereocenters. The van der Waals surface area contributed by atoms with Crippen LogP contribution < -0.4 is 25.4 Å². The van der Waals surface area contributed by atoms with Crippen LogP contribution in [-0.4, -0.2) is 48.7 Å². The highest BCUT2D eigenvalue weighted by molar-refractivity contribution is 5.89. The van der Waals surface area contributed by atoms with Gasteiger partial charge < -0.3 is 35.3 Å². The van der Waals surface area contributed by atoms with Gasteiger partial charge in [0.25, 0.3) is 0 Å². The summed E-state index contributed by atoms with van der Waals surface area (Å²) in [5.41, 5.74) is 0.520. The molecule has 0 saturated carbocycles. The molecule has 4 N–H and O–H groups in total. The van der Waals surface area contributed by atoms with Gasteiger partial charge in [-0.1, -0.05) is 18.2 Å². The molecule has 3 amide bonds. The Hall–Kier alpha value is -3.70. The normalized spacial score (nSPS) is 20.6. The molecule has 0 bridgehead atoms. The van der Waals surface area contributed by atoms with Crippen LogP contribution in [0.1, 0.15) is 12.0 Å². The molecule has 2 aliphatic heterocycles. The molecule has 9 nitrogen and oxygen atoms in total. The van der Waals surface area contributed by atoms with Gasteiger partial charge >= 0.3 is 6.03 Å². The monoisotopic (exact) mass is 475 g/mol. The Balaban J connectivity index is 1.27. The number of aliphatic hydroxyl groups is 1. The van der Waals surface area contributed by atoms with E-state index in [1.165, 1.54) is 0 Å². The molecule has 0 radical (unpaired) electrons. The van der Waals surface area contributed by atoms with Crippen molar-refractivity contribution in [3.8, 4) is 11.5 Å². The molecule has 0 saturated heterocycles. The van der Waals surface area contributed by atoms with Crippen molar-refractivity contribution in [3.63, 3.8) is 0 Å². The van der Waals surface area contributed by atoms with Gasteiger partial charge in [0.2, 0.25) is 12.7 Å². The number of benzene rings is 2. The van der Waals surface area contributed by atoms with Crippen LogP contribution in [0.4, 0.5) is 19.3 Å². The number of fused-ring (bicyclic) bond motifs is 1. The molecule has 34 heavy (non-hydrogen) atoms. The maximum absolute atomic E-state index is 13.7. The lowest BCUT2D eigenvalue weighted by atomic mass is 10.0. The van der Waals surface area contributed by atoms with Crippen molar-refractivity contribution >= 4 is 17.6 Å². The first-order valence-corrected chi connectivity index (χ1v) is 10.5. The number of urea groups is 1. The zero-order valence-corrected chi connectivity index (χ0v) is 17.9. The zero-order valence-electron chi connectivity index (χ0n) is 17.9. The van der Waals surface area contributed by atoms with Gasteiger partial charge in [-0.15, -0.1) is 0 Å². The molecule has 4 rings (SSSR count). The van der Waals surface area contributed by atoms with Gasteiger partial charge in [-0.05, 0) is 29.8 Å².